The lowest BCUT2D eigenvalue weighted by Crippen LogP contribution is -2.31. The van der Waals surface area contributed by atoms with Crippen molar-refractivity contribution in [2.45, 2.75) is 37.6 Å². The minimum absolute atomic E-state index is 0.129. The lowest BCUT2D eigenvalue weighted by molar-refractivity contribution is -0.114. The van der Waals surface area contributed by atoms with Crippen LogP contribution in [0.4, 0.5) is 5.69 Å². The Morgan fingerprint density at radius 2 is 1.86 bits per heavy atom. The lowest BCUT2D eigenvalue weighted by atomic mass is 10.1. The van der Waals surface area contributed by atoms with E-state index in [0.29, 0.717) is 28.5 Å². The van der Waals surface area contributed by atoms with Crippen molar-refractivity contribution in [3.63, 3.8) is 0 Å². The Bertz CT molecular complexity index is 1300. The van der Waals surface area contributed by atoms with Gasteiger partial charge in [-0.3, -0.25) is 9.59 Å². The van der Waals surface area contributed by atoms with Gasteiger partial charge >= 0.3 is 0 Å². The summed E-state index contributed by atoms with van der Waals surface area (Å²) in [5.41, 5.74) is 3.04. The van der Waals surface area contributed by atoms with Crippen molar-refractivity contribution < 1.29 is 19.1 Å². The molecule has 6 nitrogen and oxygen atoms in total. The number of amides is 2. The number of nitrogens with zero attached hydrogens (tertiary/aromatic N) is 1. The predicted octanol–water partition coefficient (Wildman–Crippen LogP) is 6.47. The van der Waals surface area contributed by atoms with E-state index in [0.717, 1.165) is 34.6 Å². The Labute approximate surface area is 222 Å². The highest BCUT2D eigenvalue weighted by Gasteiger charge is 2.28. The summed E-state index contributed by atoms with van der Waals surface area (Å²) in [4.78, 5) is 29.3. The first-order valence-electron chi connectivity index (χ1n) is 12.4. The van der Waals surface area contributed by atoms with Gasteiger partial charge in [-0.05, 0) is 61.4 Å². The summed E-state index contributed by atoms with van der Waals surface area (Å²) < 4.78 is 11.1. The standard InChI is InChI=1S/C30H32N2O4S/c1-5-6-17-36-24-14-11-21(12-15-24)20(2)31-29(33)23-13-16-27-25(18-23)32(3)30(34)28(37-27)19-22-9-7-8-10-26(22)35-4/h7-16,18-20H,5-6,17H2,1-4H3,(H,31,33)/b28-19+/t20-/m0/s1. The zero-order chi connectivity index (χ0) is 26.4. The number of carbonyl (C=O) groups is 2. The van der Waals surface area contributed by atoms with Crippen LogP contribution in [0.15, 0.2) is 76.5 Å². The minimum Gasteiger partial charge on any atom is -0.496 e. The summed E-state index contributed by atoms with van der Waals surface area (Å²) in [5, 5.41) is 3.06. The fraction of sp³-hybridized carbons (Fsp3) is 0.267. The molecule has 0 bridgehead atoms. The van der Waals surface area contributed by atoms with Crippen molar-refractivity contribution in [1.29, 1.82) is 0 Å². The van der Waals surface area contributed by atoms with Gasteiger partial charge in [0.25, 0.3) is 11.8 Å². The summed E-state index contributed by atoms with van der Waals surface area (Å²) >= 11 is 1.39. The minimum atomic E-state index is -0.195. The Hall–Kier alpha value is -3.71. The van der Waals surface area contributed by atoms with E-state index >= 15 is 0 Å². The number of likely N-dealkylation sites (N-methyl/N-ethyl adjacent to an activating group) is 1. The maximum Gasteiger partial charge on any atom is 0.264 e. The first-order valence-corrected chi connectivity index (χ1v) is 13.2. The molecule has 37 heavy (non-hydrogen) atoms. The Kier molecular flexibility index (Phi) is 8.56. The second-order valence-electron chi connectivity index (χ2n) is 8.87. The molecule has 0 fully saturated rings. The van der Waals surface area contributed by atoms with Crippen LogP contribution in [-0.2, 0) is 4.79 Å². The summed E-state index contributed by atoms with van der Waals surface area (Å²) in [7, 11) is 3.34. The van der Waals surface area contributed by atoms with Crippen molar-refractivity contribution in [2.75, 3.05) is 25.7 Å². The molecule has 7 heteroatoms. The Morgan fingerprint density at radius 1 is 1.11 bits per heavy atom. The van der Waals surface area contributed by atoms with E-state index in [2.05, 4.69) is 12.2 Å². The highest BCUT2D eigenvalue weighted by Crippen LogP contribution is 2.42. The number of hydrogen-bond donors (Lipinski definition) is 1. The molecular formula is C30H32N2O4S. The second-order valence-corrected chi connectivity index (χ2v) is 9.95. The van der Waals surface area contributed by atoms with Gasteiger partial charge in [-0.1, -0.05) is 55.4 Å². The number of unbranched alkanes of at least 4 members (excludes halogenated alkanes) is 1. The van der Waals surface area contributed by atoms with Crippen LogP contribution in [-0.4, -0.2) is 32.6 Å². The number of hydrogen-bond acceptors (Lipinski definition) is 5. The van der Waals surface area contributed by atoms with Crippen molar-refractivity contribution in [3.8, 4) is 11.5 Å². The third kappa shape index (κ3) is 6.17. The van der Waals surface area contributed by atoms with Gasteiger partial charge in [0.15, 0.2) is 0 Å². The van der Waals surface area contributed by atoms with Crippen molar-refractivity contribution in [3.05, 3.63) is 88.3 Å². The topological polar surface area (TPSA) is 67.9 Å². The molecule has 0 radical (unpaired) electrons. The normalized spacial score (nSPS) is 14.8. The number of nitrogens with one attached hydrogen (secondary N) is 1. The molecule has 0 saturated heterocycles. The van der Waals surface area contributed by atoms with Gasteiger partial charge in [-0.25, -0.2) is 0 Å². The first-order chi connectivity index (χ1) is 17.9. The van der Waals surface area contributed by atoms with E-state index in [9.17, 15) is 9.59 Å². The molecule has 1 aliphatic heterocycles. The zero-order valence-corrected chi connectivity index (χ0v) is 22.4. The SMILES string of the molecule is CCCCOc1ccc([C@H](C)NC(=O)c2ccc3c(c2)N(C)C(=O)/C(=C\c2ccccc2OC)S3)cc1. The second kappa shape index (κ2) is 12.0. The Morgan fingerprint density at radius 3 is 2.59 bits per heavy atom. The van der Waals surface area contributed by atoms with E-state index < -0.39 is 0 Å². The number of rotatable bonds is 9. The number of thioether (sulfide) groups is 1. The van der Waals surface area contributed by atoms with Crippen LogP contribution >= 0.6 is 11.8 Å². The smallest absolute Gasteiger partial charge is 0.264 e. The predicted molar refractivity (Wildman–Crippen MR) is 149 cm³/mol. The zero-order valence-electron chi connectivity index (χ0n) is 21.6. The molecule has 192 valence electrons. The van der Waals surface area contributed by atoms with Gasteiger partial charge in [0.05, 0.1) is 30.4 Å². The van der Waals surface area contributed by atoms with Crippen LogP contribution in [0.2, 0.25) is 0 Å². The summed E-state index contributed by atoms with van der Waals surface area (Å²) in [5.74, 6) is 1.21. The van der Waals surface area contributed by atoms with E-state index in [1.54, 1.807) is 31.2 Å². The van der Waals surface area contributed by atoms with Crippen molar-refractivity contribution in [2.24, 2.45) is 0 Å². The van der Waals surface area contributed by atoms with Gasteiger partial charge in [0.1, 0.15) is 11.5 Å². The molecule has 0 aliphatic carbocycles. The number of carbonyl (C=O) groups excluding carboxylic acids is 2. The van der Waals surface area contributed by atoms with Crippen LogP contribution in [0.3, 0.4) is 0 Å². The number of fused-ring (bicyclic) bond motifs is 1. The molecule has 0 unspecified atom stereocenters. The number of benzene rings is 3. The van der Waals surface area contributed by atoms with Gasteiger partial charge in [-0.2, -0.15) is 0 Å². The molecule has 0 saturated carbocycles. The fourth-order valence-corrected chi connectivity index (χ4v) is 5.10. The average Bonchev–Trinajstić information content (AvgIpc) is 2.92. The van der Waals surface area contributed by atoms with Crippen LogP contribution in [0.25, 0.3) is 6.08 Å². The number of methoxy groups -OCH3 is 1. The third-order valence-electron chi connectivity index (χ3n) is 6.24. The summed E-state index contributed by atoms with van der Waals surface area (Å²) in [6, 6.07) is 20.7. The maximum absolute atomic E-state index is 13.1. The van der Waals surface area contributed by atoms with E-state index in [1.165, 1.54) is 11.8 Å². The van der Waals surface area contributed by atoms with Crippen LogP contribution < -0.4 is 19.7 Å². The number of anilines is 1. The van der Waals surface area contributed by atoms with Crippen molar-refractivity contribution >= 4 is 35.3 Å². The highest BCUT2D eigenvalue weighted by molar-refractivity contribution is 8.04. The highest BCUT2D eigenvalue weighted by atomic mass is 32.2. The molecule has 0 spiro atoms. The number of ether oxygens (including phenoxy) is 2. The quantitative estimate of drug-likeness (QED) is 0.261. The molecule has 4 rings (SSSR count). The van der Waals surface area contributed by atoms with E-state index in [-0.39, 0.29) is 17.9 Å². The first kappa shape index (κ1) is 26.4. The van der Waals surface area contributed by atoms with Gasteiger partial charge < -0.3 is 19.7 Å². The summed E-state index contributed by atoms with van der Waals surface area (Å²) in [6.45, 7) is 4.78. The summed E-state index contributed by atoms with van der Waals surface area (Å²) in [6.07, 6.45) is 3.95. The lowest BCUT2D eigenvalue weighted by Gasteiger charge is -2.27. The van der Waals surface area contributed by atoms with Gasteiger partial charge in [0, 0.05) is 23.1 Å². The van der Waals surface area contributed by atoms with E-state index in [1.807, 2.05) is 67.6 Å². The fourth-order valence-electron chi connectivity index (χ4n) is 4.01. The molecule has 0 aromatic heterocycles. The molecule has 1 heterocycles. The third-order valence-corrected chi connectivity index (χ3v) is 7.32. The van der Waals surface area contributed by atoms with Crippen molar-refractivity contribution in [1.82, 2.24) is 5.32 Å². The number of para-hydroxylation sites is 1. The maximum atomic E-state index is 13.1. The molecule has 1 aliphatic rings. The monoisotopic (exact) mass is 516 g/mol. The Balaban J connectivity index is 1.47. The average molecular weight is 517 g/mol. The van der Waals surface area contributed by atoms with Gasteiger partial charge in [0.2, 0.25) is 0 Å². The van der Waals surface area contributed by atoms with Crippen LogP contribution in [0, 0.1) is 0 Å². The molecule has 1 atom stereocenters. The van der Waals surface area contributed by atoms with Crippen LogP contribution in [0.1, 0.15) is 54.2 Å². The molecule has 3 aromatic rings. The van der Waals surface area contributed by atoms with Crippen LogP contribution in [0.5, 0.6) is 11.5 Å². The largest absolute Gasteiger partial charge is 0.496 e. The molecular weight excluding hydrogens is 484 g/mol. The molecule has 2 amide bonds. The molecule has 3 aromatic carbocycles. The van der Waals surface area contributed by atoms with Gasteiger partial charge in [-0.15, -0.1) is 0 Å². The molecule has 1 N–H and O–H groups in total. The van der Waals surface area contributed by atoms with E-state index in [4.69, 9.17) is 9.47 Å².